The molecule has 9 aromatic carbocycles. The minimum Gasteiger partial charge on any atom is -0.307 e. The summed E-state index contributed by atoms with van der Waals surface area (Å²) in [6, 6.07) is 66.0. The van der Waals surface area contributed by atoms with Gasteiger partial charge >= 0.3 is 0 Å². The van der Waals surface area contributed by atoms with E-state index in [0.717, 1.165) is 88.4 Å². The molecule has 12 rings (SSSR count). The van der Waals surface area contributed by atoms with Crippen molar-refractivity contribution in [3.05, 3.63) is 232 Å². The molecule has 0 saturated heterocycles. The molecule has 346 valence electrons. The van der Waals surface area contributed by atoms with Crippen molar-refractivity contribution in [1.82, 2.24) is 14.1 Å². The average molecular weight is 927 g/mol. The molecule has 12 aromatic rings. The lowest BCUT2D eigenvalue weighted by Crippen LogP contribution is -2.06. The zero-order valence-corrected chi connectivity index (χ0v) is 42.1. The predicted octanol–water partition coefficient (Wildman–Crippen LogP) is 17.9. The number of benzene rings is 9. The summed E-state index contributed by atoms with van der Waals surface area (Å²) < 4.78 is 4.91. The molecule has 0 saturated carbocycles. The molecule has 0 radical (unpaired) electrons. The topological polar surface area (TPSA) is 46.5 Å². The summed E-state index contributed by atoms with van der Waals surface area (Å²) in [5.41, 5.74) is 27.6. The standard InChI is InChI=1S/C68H54N4/c1-40-21-41(2)26-53(25-40)49-9-13-58-59-14-10-50(54-27-42(3)22-43(4)28-54)34-64(59)71(63(58)33-49)67-37-57(39-69)62(48-17-19-70-20-18-48)38-68(67)72-65-35-51(55-29-44(5)23-45(6)30-55)11-15-60(65)61-16-12-52(36-66(61)72)56-31-46(7)24-47(8)32-56/h9-38H,1-8H3. The lowest BCUT2D eigenvalue weighted by Gasteiger charge is -2.20. The Hall–Kier alpha value is -8.78. The first-order valence-electron chi connectivity index (χ1n) is 24.9. The lowest BCUT2D eigenvalue weighted by molar-refractivity contribution is 1.09. The van der Waals surface area contributed by atoms with Gasteiger partial charge in [-0.15, -0.1) is 0 Å². The minimum atomic E-state index is 0.582. The van der Waals surface area contributed by atoms with E-state index in [9.17, 15) is 5.26 Å². The number of nitrogens with zero attached hydrogens (tertiary/aromatic N) is 4. The first-order chi connectivity index (χ1) is 34.8. The van der Waals surface area contributed by atoms with E-state index in [0.29, 0.717) is 5.56 Å². The van der Waals surface area contributed by atoms with E-state index in [1.54, 1.807) is 0 Å². The van der Waals surface area contributed by atoms with Crippen LogP contribution in [0.4, 0.5) is 0 Å². The maximum absolute atomic E-state index is 11.3. The van der Waals surface area contributed by atoms with Crippen molar-refractivity contribution in [2.45, 2.75) is 55.4 Å². The Morgan fingerprint density at radius 2 is 0.597 bits per heavy atom. The van der Waals surface area contributed by atoms with E-state index in [2.05, 4.69) is 233 Å². The second-order valence-corrected chi connectivity index (χ2v) is 20.3. The number of aryl methyl sites for hydroxylation is 8. The molecular weight excluding hydrogens is 873 g/mol. The third-order valence-corrected chi connectivity index (χ3v) is 14.5. The van der Waals surface area contributed by atoms with Gasteiger partial charge in [-0.1, -0.05) is 166 Å². The van der Waals surface area contributed by atoms with Gasteiger partial charge in [0.15, 0.2) is 0 Å². The van der Waals surface area contributed by atoms with Crippen molar-refractivity contribution in [1.29, 1.82) is 5.26 Å². The van der Waals surface area contributed by atoms with E-state index in [4.69, 9.17) is 0 Å². The van der Waals surface area contributed by atoms with Crippen LogP contribution in [0.3, 0.4) is 0 Å². The molecule has 0 atom stereocenters. The van der Waals surface area contributed by atoms with E-state index < -0.39 is 0 Å². The summed E-state index contributed by atoms with van der Waals surface area (Å²) >= 11 is 0. The SMILES string of the molecule is Cc1cc(C)cc(-c2ccc3c4ccc(-c5cc(C)cc(C)c5)cc4n(-c4cc(C#N)c(-c5ccncc5)cc4-n4c5cc(-c6cc(C)cc(C)c6)ccc5c5ccc(-c6cc(C)cc(C)c6)cc54)c3c2)c1. The average Bonchev–Trinajstić information content (AvgIpc) is 3.86. The number of nitriles is 1. The molecule has 0 aliphatic rings. The van der Waals surface area contributed by atoms with Gasteiger partial charge in [0.05, 0.1) is 45.1 Å². The zero-order chi connectivity index (χ0) is 49.5. The van der Waals surface area contributed by atoms with Crippen LogP contribution in [0.25, 0.3) is 111 Å². The number of fused-ring (bicyclic) bond motifs is 6. The monoisotopic (exact) mass is 926 g/mol. The summed E-state index contributed by atoms with van der Waals surface area (Å²) in [6.45, 7) is 17.4. The summed E-state index contributed by atoms with van der Waals surface area (Å²) in [6.07, 6.45) is 3.62. The molecule has 0 aliphatic heterocycles. The largest absolute Gasteiger partial charge is 0.307 e. The van der Waals surface area contributed by atoms with Gasteiger partial charge in [0, 0.05) is 39.5 Å². The van der Waals surface area contributed by atoms with Gasteiger partial charge in [0.1, 0.15) is 0 Å². The van der Waals surface area contributed by atoms with Crippen LogP contribution in [0.15, 0.2) is 182 Å². The van der Waals surface area contributed by atoms with Crippen LogP contribution in [0.5, 0.6) is 0 Å². The summed E-state index contributed by atoms with van der Waals surface area (Å²) in [5, 5.41) is 15.9. The van der Waals surface area contributed by atoms with E-state index >= 15 is 0 Å². The maximum Gasteiger partial charge on any atom is 0.0998 e. The third kappa shape index (κ3) is 7.75. The second-order valence-electron chi connectivity index (χ2n) is 20.3. The molecule has 4 heteroatoms. The molecule has 0 unspecified atom stereocenters. The highest BCUT2D eigenvalue weighted by Crippen LogP contribution is 2.44. The molecular formula is C68H54N4. The lowest BCUT2D eigenvalue weighted by atomic mass is 9.98. The van der Waals surface area contributed by atoms with Gasteiger partial charge in [-0.05, 0) is 154 Å². The Morgan fingerprint density at radius 1 is 0.306 bits per heavy atom. The fourth-order valence-corrected chi connectivity index (χ4v) is 11.6. The summed E-state index contributed by atoms with van der Waals surface area (Å²) in [7, 11) is 0. The highest BCUT2D eigenvalue weighted by Gasteiger charge is 2.24. The van der Waals surface area contributed by atoms with E-state index in [-0.39, 0.29) is 0 Å². The van der Waals surface area contributed by atoms with Crippen molar-refractivity contribution in [2.24, 2.45) is 0 Å². The number of rotatable bonds is 7. The number of aromatic nitrogens is 3. The molecule has 0 N–H and O–H groups in total. The van der Waals surface area contributed by atoms with Crippen molar-refractivity contribution < 1.29 is 0 Å². The maximum atomic E-state index is 11.3. The fourth-order valence-electron chi connectivity index (χ4n) is 11.6. The first kappa shape index (κ1) is 44.4. The van der Waals surface area contributed by atoms with Crippen LogP contribution in [0.1, 0.15) is 50.1 Å². The predicted molar refractivity (Wildman–Crippen MR) is 303 cm³/mol. The van der Waals surface area contributed by atoms with Gasteiger partial charge in [-0.3, -0.25) is 4.98 Å². The zero-order valence-electron chi connectivity index (χ0n) is 42.1. The molecule has 0 aliphatic carbocycles. The Labute approximate surface area is 421 Å². The number of hydrogen-bond acceptors (Lipinski definition) is 2. The van der Waals surface area contributed by atoms with Gasteiger partial charge in [-0.2, -0.15) is 5.26 Å². The normalized spacial score (nSPS) is 11.6. The van der Waals surface area contributed by atoms with Gasteiger partial charge in [0.2, 0.25) is 0 Å². The van der Waals surface area contributed by atoms with Crippen LogP contribution in [-0.4, -0.2) is 14.1 Å². The van der Waals surface area contributed by atoms with Crippen molar-refractivity contribution >= 4 is 43.6 Å². The van der Waals surface area contributed by atoms with Crippen molar-refractivity contribution in [3.63, 3.8) is 0 Å². The molecule has 4 nitrogen and oxygen atoms in total. The molecule has 72 heavy (non-hydrogen) atoms. The van der Waals surface area contributed by atoms with Gasteiger partial charge < -0.3 is 9.13 Å². The van der Waals surface area contributed by atoms with Crippen LogP contribution in [-0.2, 0) is 0 Å². The Bertz CT molecular complexity index is 3950. The smallest absolute Gasteiger partial charge is 0.0998 e. The number of pyridine rings is 1. The Kier molecular flexibility index (Phi) is 10.7. The molecule has 3 aromatic heterocycles. The van der Waals surface area contributed by atoms with E-state index in [1.165, 1.54) is 66.8 Å². The highest BCUT2D eigenvalue weighted by atomic mass is 15.1. The molecule has 0 amide bonds. The minimum absolute atomic E-state index is 0.582. The Balaban J connectivity index is 1.26. The quantitative estimate of drug-likeness (QED) is 0.160. The third-order valence-electron chi connectivity index (χ3n) is 14.5. The van der Waals surface area contributed by atoms with Gasteiger partial charge in [0.25, 0.3) is 0 Å². The fraction of sp³-hybridized carbons (Fsp3) is 0.118. The van der Waals surface area contributed by atoms with Crippen LogP contribution >= 0.6 is 0 Å². The summed E-state index contributed by atoms with van der Waals surface area (Å²) in [4.78, 5) is 4.40. The van der Waals surface area contributed by atoms with E-state index in [1.807, 2.05) is 24.5 Å². The number of hydrogen-bond donors (Lipinski definition) is 0. The molecule has 0 spiro atoms. The van der Waals surface area contributed by atoms with Gasteiger partial charge in [-0.25, -0.2) is 0 Å². The van der Waals surface area contributed by atoms with Crippen LogP contribution < -0.4 is 0 Å². The van der Waals surface area contributed by atoms with Crippen molar-refractivity contribution in [3.8, 4) is 73.1 Å². The summed E-state index contributed by atoms with van der Waals surface area (Å²) in [5.74, 6) is 0. The molecule has 0 fully saturated rings. The van der Waals surface area contributed by atoms with Crippen LogP contribution in [0, 0.1) is 66.7 Å². The second kappa shape index (κ2) is 17.3. The highest BCUT2D eigenvalue weighted by molar-refractivity contribution is 6.14. The van der Waals surface area contributed by atoms with Crippen LogP contribution in [0.2, 0.25) is 0 Å². The molecule has 3 heterocycles. The Morgan fingerprint density at radius 3 is 0.889 bits per heavy atom. The van der Waals surface area contributed by atoms with Crippen molar-refractivity contribution in [2.75, 3.05) is 0 Å². The molecule has 0 bridgehead atoms. The first-order valence-corrected chi connectivity index (χ1v) is 24.9.